The SMILES string of the molecule is CNCC(C)c1c(C)nc(CSC2CCCC2)nc1C. The molecule has 0 aliphatic heterocycles. The number of rotatable bonds is 6. The molecule has 1 aromatic rings. The van der Waals surface area contributed by atoms with Crippen molar-refractivity contribution in [3.63, 3.8) is 0 Å². The van der Waals surface area contributed by atoms with E-state index in [9.17, 15) is 0 Å². The number of nitrogens with zero attached hydrogens (tertiary/aromatic N) is 2. The molecule has 0 radical (unpaired) electrons. The van der Waals surface area contributed by atoms with Gasteiger partial charge >= 0.3 is 0 Å². The molecule has 20 heavy (non-hydrogen) atoms. The van der Waals surface area contributed by atoms with Crippen molar-refractivity contribution >= 4 is 11.8 Å². The van der Waals surface area contributed by atoms with Gasteiger partial charge < -0.3 is 5.32 Å². The lowest BCUT2D eigenvalue weighted by molar-refractivity contribution is 0.660. The molecule has 1 aliphatic carbocycles. The van der Waals surface area contributed by atoms with Crippen molar-refractivity contribution in [3.05, 3.63) is 22.8 Å². The van der Waals surface area contributed by atoms with Crippen molar-refractivity contribution in [1.29, 1.82) is 0 Å². The van der Waals surface area contributed by atoms with Crippen LogP contribution in [-0.2, 0) is 5.75 Å². The van der Waals surface area contributed by atoms with E-state index < -0.39 is 0 Å². The minimum Gasteiger partial charge on any atom is -0.319 e. The van der Waals surface area contributed by atoms with E-state index in [2.05, 4.69) is 26.1 Å². The van der Waals surface area contributed by atoms with Gasteiger partial charge in [-0.3, -0.25) is 0 Å². The van der Waals surface area contributed by atoms with Crippen LogP contribution in [0, 0.1) is 13.8 Å². The second-order valence-electron chi connectivity index (χ2n) is 5.90. The van der Waals surface area contributed by atoms with Gasteiger partial charge in [-0.2, -0.15) is 11.8 Å². The van der Waals surface area contributed by atoms with Gasteiger partial charge in [-0.05, 0) is 45.2 Å². The van der Waals surface area contributed by atoms with Crippen LogP contribution in [0.25, 0.3) is 0 Å². The van der Waals surface area contributed by atoms with Crippen LogP contribution in [0.4, 0.5) is 0 Å². The summed E-state index contributed by atoms with van der Waals surface area (Å²) in [5, 5.41) is 4.07. The van der Waals surface area contributed by atoms with Crippen LogP contribution in [0.5, 0.6) is 0 Å². The van der Waals surface area contributed by atoms with Crippen molar-refractivity contribution in [2.45, 2.75) is 63.4 Å². The van der Waals surface area contributed by atoms with E-state index in [0.29, 0.717) is 5.92 Å². The van der Waals surface area contributed by atoms with E-state index in [-0.39, 0.29) is 0 Å². The number of hydrogen-bond acceptors (Lipinski definition) is 4. The summed E-state index contributed by atoms with van der Waals surface area (Å²) in [6, 6.07) is 0. The number of thioether (sulfide) groups is 1. The molecule has 4 heteroatoms. The molecule has 1 aliphatic rings. The van der Waals surface area contributed by atoms with Crippen LogP contribution in [0.2, 0.25) is 0 Å². The third-order valence-corrected chi connectivity index (χ3v) is 5.49. The van der Waals surface area contributed by atoms with Crippen LogP contribution in [-0.4, -0.2) is 28.8 Å². The highest BCUT2D eigenvalue weighted by molar-refractivity contribution is 7.99. The maximum atomic E-state index is 4.74. The molecule has 112 valence electrons. The molecule has 0 aromatic carbocycles. The molecule has 0 bridgehead atoms. The molecule has 1 atom stereocenters. The standard InChI is InChI=1S/C16H27N3S/c1-11(9-17-4)16-12(2)18-15(19-13(16)3)10-20-14-7-5-6-8-14/h11,14,17H,5-10H2,1-4H3. The predicted octanol–water partition coefficient (Wildman–Crippen LogP) is 3.59. The van der Waals surface area contributed by atoms with Crippen LogP contribution in [0.1, 0.15) is 61.3 Å². The molecule has 1 aromatic heterocycles. The molecule has 1 saturated carbocycles. The Morgan fingerprint density at radius 1 is 1.20 bits per heavy atom. The van der Waals surface area contributed by atoms with Gasteiger partial charge in [0.1, 0.15) is 5.82 Å². The Balaban J connectivity index is 2.04. The van der Waals surface area contributed by atoms with Gasteiger partial charge in [0.25, 0.3) is 0 Å². The third-order valence-electron chi connectivity index (χ3n) is 4.13. The Morgan fingerprint density at radius 3 is 2.35 bits per heavy atom. The summed E-state index contributed by atoms with van der Waals surface area (Å²) in [5.74, 6) is 2.45. The van der Waals surface area contributed by atoms with Crippen molar-refractivity contribution in [2.75, 3.05) is 13.6 Å². The molecule has 1 N–H and O–H groups in total. The average molecular weight is 293 g/mol. The fraction of sp³-hybridized carbons (Fsp3) is 0.750. The van der Waals surface area contributed by atoms with Crippen molar-refractivity contribution in [3.8, 4) is 0 Å². The summed E-state index contributed by atoms with van der Waals surface area (Å²) in [6.07, 6.45) is 5.55. The maximum Gasteiger partial charge on any atom is 0.138 e. The predicted molar refractivity (Wildman–Crippen MR) is 87.4 cm³/mol. The zero-order valence-corrected chi connectivity index (χ0v) is 14.0. The summed E-state index contributed by atoms with van der Waals surface area (Å²) in [7, 11) is 1.99. The van der Waals surface area contributed by atoms with Crippen LogP contribution < -0.4 is 5.32 Å². The zero-order valence-electron chi connectivity index (χ0n) is 13.2. The first-order valence-corrected chi connectivity index (χ1v) is 8.77. The maximum absolute atomic E-state index is 4.74. The highest BCUT2D eigenvalue weighted by atomic mass is 32.2. The van der Waals surface area contributed by atoms with Gasteiger partial charge in [-0.1, -0.05) is 19.8 Å². The minimum atomic E-state index is 0.469. The lowest BCUT2D eigenvalue weighted by Crippen LogP contribution is -2.18. The largest absolute Gasteiger partial charge is 0.319 e. The molecule has 0 spiro atoms. The smallest absolute Gasteiger partial charge is 0.138 e. The Morgan fingerprint density at radius 2 is 1.80 bits per heavy atom. The van der Waals surface area contributed by atoms with Gasteiger partial charge in [0.2, 0.25) is 0 Å². The first kappa shape index (κ1) is 15.8. The van der Waals surface area contributed by atoms with Crippen LogP contribution >= 0.6 is 11.8 Å². The molecule has 1 unspecified atom stereocenters. The number of hydrogen-bond donors (Lipinski definition) is 1. The fourth-order valence-electron chi connectivity index (χ4n) is 3.23. The van der Waals surface area contributed by atoms with Crippen molar-refractivity contribution < 1.29 is 0 Å². The molecular weight excluding hydrogens is 266 g/mol. The zero-order chi connectivity index (χ0) is 14.5. The lowest BCUT2D eigenvalue weighted by Gasteiger charge is -2.17. The van der Waals surface area contributed by atoms with Gasteiger partial charge in [-0.15, -0.1) is 0 Å². The molecule has 0 saturated heterocycles. The lowest BCUT2D eigenvalue weighted by atomic mass is 9.98. The summed E-state index contributed by atoms with van der Waals surface area (Å²) in [6.45, 7) is 7.46. The van der Waals surface area contributed by atoms with E-state index in [1.165, 1.54) is 31.2 Å². The molecule has 0 amide bonds. The van der Waals surface area contributed by atoms with Crippen molar-refractivity contribution in [2.24, 2.45) is 0 Å². The highest BCUT2D eigenvalue weighted by Crippen LogP contribution is 2.31. The summed E-state index contributed by atoms with van der Waals surface area (Å²) >= 11 is 2.04. The Bertz CT molecular complexity index is 418. The Labute approximate surface area is 127 Å². The number of aryl methyl sites for hydroxylation is 2. The molecule has 2 rings (SSSR count). The van der Waals surface area contributed by atoms with Gasteiger partial charge in [0.05, 0.1) is 5.75 Å². The molecule has 1 fully saturated rings. The van der Waals surface area contributed by atoms with Crippen LogP contribution in [0.3, 0.4) is 0 Å². The summed E-state index contributed by atoms with van der Waals surface area (Å²) in [5.41, 5.74) is 3.62. The minimum absolute atomic E-state index is 0.469. The number of likely N-dealkylation sites (N-methyl/N-ethyl adjacent to an activating group) is 1. The number of aromatic nitrogens is 2. The van der Waals surface area contributed by atoms with E-state index in [0.717, 1.165) is 34.8 Å². The van der Waals surface area contributed by atoms with Crippen molar-refractivity contribution in [1.82, 2.24) is 15.3 Å². The van der Waals surface area contributed by atoms with E-state index in [1.54, 1.807) is 0 Å². The van der Waals surface area contributed by atoms with Gasteiger partial charge in [-0.25, -0.2) is 9.97 Å². The normalized spacial score (nSPS) is 17.6. The highest BCUT2D eigenvalue weighted by Gasteiger charge is 2.18. The first-order chi connectivity index (χ1) is 9.61. The third kappa shape index (κ3) is 3.95. The summed E-state index contributed by atoms with van der Waals surface area (Å²) in [4.78, 5) is 9.48. The van der Waals surface area contributed by atoms with E-state index in [1.807, 2.05) is 18.8 Å². The first-order valence-electron chi connectivity index (χ1n) is 7.72. The van der Waals surface area contributed by atoms with Gasteiger partial charge in [0, 0.05) is 23.2 Å². The second-order valence-corrected chi connectivity index (χ2v) is 7.19. The fourth-order valence-corrected chi connectivity index (χ4v) is 4.41. The van der Waals surface area contributed by atoms with Crippen LogP contribution in [0.15, 0.2) is 0 Å². The quantitative estimate of drug-likeness (QED) is 0.870. The second kappa shape index (κ2) is 7.41. The monoisotopic (exact) mass is 293 g/mol. The Kier molecular flexibility index (Phi) is 5.85. The van der Waals surface area contributed by atoms with Gasteiger partial charge in [0.15, 0.2) is 0 Å². The summed E-state index contributed by atoms with van der Waals surface area (Å²) < 4.78 is 0. The molecule has 1 heterocycles. The number of nitrogens with one attached hydrogen (secondary N) is 1. The van der Waals surface area contributed by atoms with E-state index in [4.69, 9.17) is 9.97 Å². The Hall–Kier alpha value is -0.610. The average Bonchev–Trinajstić information content (AvgIpc) is 2.89. The molecule has 3 nitrogen and oxygen atoms in total. The topological polar surface area (TPSA) is 37.8 Å². The molecular formula is C16H27N3S. The van der Waals surface area contributed by atoms with E-state index >= 15 is 0 Å².